The summed E-state index contributed by atoms with van der Waals surface area (Å²) in [5.74, 6) is -0.878. The molecule has 8 heteroatoms. The second-order valence-electron chi connectivity index (χ2n) is 3.70. The molecular weight excluding hydrogens is 251 g/mol. The fourth-order valence-corrected chi connectivity index (χ4v) is 1.32. The van der Waals surface area contributed by atoms with Gasteiger partial charge in [-0.25, -0.2) is 4.98 Å². The highest BCUT2D eigenvalue weighted by atomic mass is 19.4. The van der Waals surface area contributed by atoms with Gasteiger partial charge in [0, 0.05) is 19.8 Å². The monoisotopic (exact) mass is 263 g/mol. The van der Waals surface area contributed by atoms with E-state index in [2.05, 4.69) is 4.98 Å². The first-order valence-electron chi connectivity index (χ1n) is 4.97. The van der Waals surface area contributed by atoms with Crippen LogP contribution in [0.5, 0.6) is 0 Å². The molecule has 0 bridgehead atoms. The molecule has 5 nitrogen and oxygen atoms in total. The van der Waals surface area contributed by atoms with E-state index >= 15 is 0 Å². The van der Waals surface area contributed by atoms with E-state index in [-0.39, 0.29) is 24.5 Å². The highest BCUT2D eigenvalue weighted by molar-refractivity contribution is 5.69. The van der Waals surface area contributed by atoms with Crippen molar-refractivity contribution in [3.05, 3.63) is 17.8 Å². The Kier molecular flexibility index (Phi) is 4.00. The Morgan fingerprint density at radius 3 is 2.61 bits per heavy atom. The number of rotatable bonds is 4. The Labute approximate surface area is 101 Å². The molecule has 0 atom stereocenters. The van der Waals surface area contributed by atoms with Gasteiger partial charge in [-0.3, -0.25) is 4.79 Å². The Morgan fingerprint density at radius 1 is 1.56 bits per heavy atom. The fraction of sp³-hybridized carbons (Fsp3) is 0.400. The second kappa shape index (κ2) is 5.11. The molecule has 0 fully saturated rings. The number of alkyl halides is 3. The maximum Gasteiger partial charge on any atom is 0.417 e. The number of hydrogen-bond donors (Lipinski definition) is 2. The van der Waals surface area contributed by atoms with Crippen molar-refractivity contribution in [3.8, 4) is 0 Å². The summed E-state index contributed by atoms with van der Waals surface area (Å²) in [6.45, 7) is 0.109. The molecule has 1 aromatic rings. The summed E-state index contributed by atoms with van der Waals surface area (Å²) in [4.78, 5) is 15.4. The van der Waals surface area contributed by atoms with Crippen LogP contribution in [0, 0.1) is 0 Å². The van der Waals surface area contributed by atoms with Crippen molar-refractivity contribution in [1.29, 1.82) is 0 Å². The van der Waals surface area contributed by atoms with Crippen LogP contribution in [0.1, 0.15) is 12.0 Å². The SMILES string of the molecule is CN(CCC(=O)O)c1ncc(C(F)(F)F)cc1N. The number of halogens is 3. The first-order chi connectivity index (χ1) is 8.21. The summed E-state index contributed by atoms with van der Waals surface area (Å²) in [6, 6.07) is 0.777. The predicted molar refractivity (Wildman–Crippen MR) is 59.2 cm³/mol. The van der Waals surface area contributed by atoms with E-state index < -0.39 is 17.7 Å². The molecule has 0 radical (unpaired) electrons. The summed E-state index contributed by atoms with van der Waals surface area (Å²) < 4.78 is 37.1. The zero-order chi connectivity index (χ0) is 13.9. The van der Waals surface area contributed by atoms with Crippen molar-refractivity contribution in [2.24, 2.45) is 0 Å². The fourth-order valence-electron chi connectivity index (χ4n) is 1.32. The molecule has 0 saturated carbocycles. The van der Waals surface area contributed by atoms with Gasteiger partial charge in [0.15, 0.2) is 5.82 Å². The first-order valence-corrected chi connectivity index (χ1v) is 4.97. The number of aromatic nitrogens is 1. The smallest absolute Gasteiger partial charge is 0.417 e. The largest absolute Gasteiger partial charge is 0.481 e. The van der Waals surface area contributed by atoms with E-state index in [1.54, 1.807) is 0 Å². The van der Waals surface area contributed by atoms with E-state index in [0.29, 0.717) is 6.20 Å². The molecule has 0 aliphatic rings. The lowest BCUT2D eigenvalue weighted by Gasteiger charge is -2.19. The van der Waals surface area contributed by atoms with Gasteiger partial charge in [0.1, 0.15) is 0 Å². The molecule has 3 N–H and O–H groups in total. The van der Waals surface area contributed by atoms with Crippen LogP contribution >= 0.6 is 0 Å². The maximum atomic E-state index is 12.4. The van der Waals surface area contributed by atoms with Crippen LogP contribution < -0.4 is 10.6 Å². The van der Waals surface area contributed by atoms with Gasteiger partial charge in [-0.1, -0.05) is 0 Å². The van der Waals surface area contributed by atoms with Crippen LogP contribution in [0.15, 0.2) is 12.3 Å². The van der Waals surface area contributed by atoms with E-state index in [9.17, 15) is 18.0 Å². The summed E-state index contributed by atoms with van der Waals surface area (Å²) in [5, 5.41) is 8.50. The van der Waals surface area contributed by atoms with E-state index in [1.807, 2.05) is 0 Å². The number of carbonyl (C=O) groups is 1. The molecule has 0 aromatic carbocycles. The van der Waals surface area contributed by atoms with Crippen molar-refractivity contribution in [2.75, 3.05) is 24.2 Å². The average molecular weight is 263 g/mol. The number of carboxylic acids is 1. The van der Waals surface area contributed by atoms with E-state index in [1.165, 1.54) is 11.9 Å². The summed E-state index contributed by atoms with van der Waals surface area (Å²) in [6.07, 6.45) is -3.99. The molecule has 0 saturated heterocycles. The summed E-state index contributed by atoms with van der Waals surface area (Å²) in [7, 11) is 1.51. The highest BCUT2D eigenvalue weighted by Gasteiger charge is 2.31. The van der Waals surface area contributed by atoms with Crippen molar-refractivity contribution < 1.29 is 23.1 Å². The molecule has 0 amide bonds. The molecular formula is C10H12F3N3O2. The number of hydrogen-bond acceptors (Lipinski definition) is 4. The molecule has 1 heterocycles. The van der Waals surface area contributed by atoms with Crippen molar-refractivity contribution in [2.45, 2.75) is 12.6 Å². The number of nitrogens with zero attached hydrogens (tertiary/aromatic N) is 2. The van der Waals surface area contributed by atoms with Crippen LogP contribution in [0.4, 0.5) is 24.7 Å². The predicted octanol–water partition coefficient (Wildman–Crippen LogP) is 1.59. The third-order valence-corrected chi connectivity index (χ3v) is 2.25. The lowest BCUT2D eigenvalue weighted by molar-refractivity contribution is -0.138. The van der Waals surface area contributed by atoms with Gasteiger partial charge < -0.3 is 15.7 Å². The molecule has 0 unspecified atom stereocenters. The number of pyridine rings is 1. The van der Waals surface area contributed by atoms with Crippen LogP contribution in [-0.2, 0) is 11.0 Å². The number of nitrogen functional groups attached to an aromatic ring is 1. The lowest BCUT2D eigenvalue weighted by atomic mass is 10.2. The highest BCUT2D eigenvalue weighted by Crippen LogP contribution is 2.32. The van der Waals surface area contributed by atoms with Crippen molar-refractivity contribution >= 4 is 17.5 Å². The van der Waals surface area contributed by atoms with Gasteiger partial charge in [-0.15, -0.1) is 0 Å². The third kappa shape index (κ3) is 3.51. The Hall–Kier alpha value is -1.99. The zero-order valence-electron chi connectivity index (χ0n) is 9.53. The summed E-state index contributed by atoms with van der Waals surface area (Å²) >= 11 is 0. The van der Waals surface area contributed by atoms with Crippen molar-refractivity contribution in [3.63, 3.8) is 0 Å². The van der Waals surface area contributed by atoms with Gasteiger partial charge in [-0.05, 0) is 6.07 Å². The third-order valence-electron chi connectivity index (χ3n) is 2.25. The van der Waals surface area contributed by atoms with Crippen LogP contribution in [0.2, 0.25) is 0 Å². The summed E-state index contributed by atoms with van der Waals surface area (Å²) in [5.41, 5.74) is 4.40. The van der Waals surface area contributed by atoms with Gasteiger partial charge in [0.25, 0.3) is 0 Å². The van der Waals surface area contributed by atoms with E-state index in [0.717, 1.165) is 6.07 Å². The average Bonchev–Trinajstić information content (AvgIpc) is 2.24. The molecule has 0 aliphatic carbocycles. The van der Waals surface area contributed by atoms with Gasteiger partial charge >= 0.3 is 12.1 Å². The minimum absolute atomic E-state index is 0.109. The van der Waals surface area contributed by atoms with E-state index in [4.69, 9.17) is 10.8 Å². The second-order valence-corrected chi connectivity index (χ2v) is 3.70. The molecule has 0 aliphatic heterocycles. The molecule has 100 valence electrons. The van der Waals surface area contributed by atoms with Crippen LogP contribution in [0.3, 0.4) is 0 Å². The normalized spacial score (nSPS) is 11.3. The van der Waals surface area contributed by atoms with Gasteiger partial charge in [0.2, 0.25) is 0 Å². The number of nitrogens with two attached hydrogens (primary N) is 1. The minimum atomic E-state index is -4.50. The molecule has 1 aromatic heterocycles. The lowest BCUT2D eigenvalue weighted by Crippen LogP contribution is -2.23. The Balaban J connectivity index is 2.88. The van der Waals surface area contributed by atoms with Crippen LogP contribution in [-0.4, -0.2) is 29.7 Å². The molecule has 18 heavy (non-hydrogen) atoms. The Bertz CT molecular complexity index is 448. The first kappa shape index (κ1) is 14.1. The Morgan fingerprint density at radius 2 is 2.17 bits per heavy atom. The molecule has 1 rings (SSSR count). The number of anilines is 2. The maximum absolute atomic E-state index is 12.4. The standard InChI is InChI=1S/C10H12F3N3O2/c1-16(3-2-8(17)18)9-7(14)4-6(5-15-9)10(11,12)13/h4-5H,2-3,14H2,1H3,(H,17,18). The number of aliphatic carboxylic acids is 1. The van der Waals surface area contributed by atoms with Gasteiger partial charge in [0.05, 0.1) is 17.7 Å². The quantitative estimate of drug-likeness (QED) is 0.862. The minimum Gasteiger partial charge on any atom is -0.481 e. The zero-order valence-corrected chi connectivity index (χ0v) is 9.53. The topological polar surface area (TPSA) is 79.5 Å². The van der Waals surface area contributed by atoms with Crippen LogP contribution in [0.25, 0.3) is 0 Å². The number of carboxylic acid groups (broad SMARTS) is 1. The molecule has 0 spiro atoms. The van der Waals surface area contributed by atoms with Crippen molar-refractivity contribution in [1.82, 2.24) is 4.98 Å². The van der Waals surface area contributed by atoms with Gasteiger partial charge in [-0.2, -0.15) is 13.2 Å².